The topological polar surface area (TPSA) is 105 Å². The second kappa shape index (κ2) is 6.82. The van der Waals surface area contributed by atoms with E-state index in [0.29, 0.717) is 13.3 Å². The van der Waals surface area contributed by atoms with Crippen molar-refractivity contribution in [2.45, 2.75) is 84.7 Å². The van der Waals surface area contributed by atoms with E-state index in [9.17, 15) is 0 Å². The zero-order valence-electron chi connectivity index (χ0n) is 17.3. The first kappa shape index (κ1) is 21.8. The molecule has 6 heteroatoms. The van der Waals surface area contributed by atoms with E-state index >= 15 is 0 Å². The summed E-state index contributed by atoms with van der Waals surface area (Å²) in [6.45, 7) is 20.5. The first-order valence-electron chi connectivity index (χ1n) is 9.27. The Morgan fingerprint density at radius 1 is 0.833 bits per heavy atom. The van der Waals surface area contributed by atoms with Crippen molar-refractivity contribution in [2.24, 2.45) is 35.0 Å². The van der Waals surface area contributed by atoms with E-state index in [0.717, 1.165) is 0 Å². The Morgan fingerprint density at radius 2 is 1.25 bits per heavy atom. The fourth-order valence-corrected chi connectivity index (χ4v) is 3.79. The number of rotatable bonds is 6. The van der Waals surface area contributed by atoms with Gasteiger partial charge < -0.3 is 17.2 Å². The monoisotopic (exact) mass is 342 g/mol. The van der Waals surface area contributed by atoms with Gasteiger partial charge in [-0.15, -0.1) is 0 Å². The molecule has 0 saturated carbocycles. The van der Waals surface area contributed by atoms with Crippen molar-refractivity contribution in [3.05, 3.63) is 0 Å². The normalized spacial score (nSPS) is 31.1. The van der Waals surface area contributed by atoms with Crippen LogP contribution in [-0.2, 0) is 0 Å². The van der Waals surface area contributed by atoms with Crippen LogP contribution in [0, 0.1) is 17.8 Å². The van der Waals surface area contributed by atoms with Crippen molar-refractivity contribution in [1.29, 1.82) is 0 Å². The molecule has 0 aromatic rings. The molecule has 0 radical (unpaired) electrons. The summed E-state index contributed by atoms with van der Waals surface area (Å²) in [5, 5.41) is 7.07. The Morgan fingerprint density at radius 3 is 1.58 bits per heavy atom. The third-order valence-corrected chi connectivity index (χ3v) is 6.85. The van der Waals surface area contributed by atoms with Crippen LogP contribution in [0.2, 0.25) is 0 Å². The van der Waals surface area contributed by atoms with Crippen LogP contribution in [0.1, 0.15) is 62.3 Å². The van der Waals surface area contributed by atoms with Gasteiger partial charge in [-0.1, -0.05) is 41.5 Å². The molecule has 8 N–H and O–H groups in total. The largest absolute Gasteiger partial charge is 0.322 e. The minimum atomic E-state index is -0.651. The smallest absolute Gasteiger partial charge is 0.112 e. The number of nitrogens with one attached hydrogen (secondary N) is 2. The average Bonchev–Trinajstić information content (AvgIpc) is 2.46. The van der Waals surface area contributed by atoms with Gasteiger partial charge in [0.25, 0.3) is 0 Å². The maximum absolute atomic E-state index is 7.01. The highest BCUT2D eigenvalue weighted by atomic mass is 15.5. The molecule has 1 heterocycles. The van der Waals surface area contributed by atoms with E-state index in [4.69, 9.17) is 17.2 Å². The van der Waals surface area contributed by atoms with Crippen LogP contribution < -0.4 is 27.8 Å². The third-order valence-electron chi connectivity index (χ3n) is 6.85. The van der Waals surface area contributed by atoms with Crippen molar-refractivity contribution in [3.63, 3.8) is 0 Å². The maximum atomic E-state index is 7.01. The van der Waals surface area contributed by atoms with Gasteiger partial charge in [-0.25, -0.2) is 0 Å². The van der Waals surface area contributed by atoms with Gasteiger partial charge in [0, 0.05) is 17.7 Å². The molecule has 3 atom stereocenters. The fourth-order valence-electron chi connectivity index (χ4n) is 3.79. The van der Waals surface area contributed by atoms with E-state index in [-0.39, 0.29) is 17.8 Å². The Kier molecular flexibility index (Phi) is 6.19. The second-order valence-electron chi connectivity index (χ2n) is 9.16. The lowest BCUT2D eigenvalue weighted by atomic mass is 9.62. The molecule has 1 fully saturated rings. The summed E-state index contributed by atoms with van der Waals surface area (Å²) >= 11 is 0. The summed E-state index contributed by atoms with van der Waals surface area (Å²) in [6.07, 6.45) is 0. The zero-order chi connectivity index (χ0) is 19.1. The van der Waals surface area contributed by atoms with E-state index < -0.39 is 22.4 Å². The highest BCUT2D eigenvalue weighted by Gasteiger charge is 2.65. The van der Waals surface area contributed by atoms with E-state index in [2.05, 4.69) is 77.8 Å². The Labute approximate surface area is 149 Å². The summed E-state index contributed by atoms with van der Waals surface area (Å²) in [5.74, 6) is 0.676. The molecule has 144 valence electrons. The minimum absolute atomic E-state index is 0.218. The summed E-state index contributed by atoms with van der Waals surface area (Å²) in [4.78, 5) is 2.27. The molecule has 0 bridgehead atoms. The predicted octanol–water partition coefficient (Wildman–Crippen LogP) is 1.17. The lowest BCUT2D eigenvalue weighted by molar-refractivity contribution is -0.169. The highest BCUT2D eigenvalue weighted by molar-refractivity contribution is 5.22. The van der Waals surface area contributed by atoms with Crippen LogP contribution in [0.25, 0.3) is 0 Å². The van der Waals surface area contributed by atoms with Crippen molar-refractivity contribution in [2.75, 3.05) is 13.3 Å². The molecule has 24 heavy (non-hydrogen) atoms. The van der Waals surface area contributed by atoms with Gasteiger partial charge in [-0.05, 0) is 38.5 Å². The number of nitrogens with zero attached hydrogens (tertiary/aromatic N) is 1. The highest BCUT2D eigenvalue weighted by Crippen LogP contribution is 2.45. The fraction of sp³-hybridized carbons (Fsp3) is 1.00. The molecule has 0 aliphatic carbocycles. The predicted molar refractivity (Wildman–Crippen MR) is 103 cm³/mol. The van der Waals surface area contributed by atoms with Crippen LogP contribution in [0.4, 0.5) is 0 Å². The van der Waals surface area contributed by atoms with Gasteiger partial charge in [-0.3, -0.25) is 15.5 Å². The first-order valence-corrected chi connectivity index (χ1v) is 9.27. The molecule has 1 aliphatic rings. The summed E-state index contributed by atoms with van der Waals surface area (Å²) < 4.78 is 0. The first-order chi connectivity index (χ1) is 10.7. The SMILES string of the molecule is CC(C)C(C)(N)N1CNCNC1(C(C)(N)C(C)C)C(C)(N)C(C)C. The van der Waals surface area contributed by atoms with Gasteiger partial charge >= 0.3 is 0 Å². The lowest BCUT2D eigenvalue weighted by Crippen LogP contribution is -2.93. The Hall–Kier alpha value is -0.240. The molecule has 0 aromatic heterocycles. The van der Waals surface area contributed by atoms with Crippen molar-refractivity contribution in [3.8, 4) is 0 Å². The summed E-state index contributed by atoms with van der Waals surface area (Å²) in [6, 6.07) is 0. The van der Waals surface area contributed by atoms with E-state index in [1.54, 1.807) is 0 Å². The third kappa shape index (κ3) is 3.02. The van der Waals surface area contributed by atoms with Gasteiger partial charge in [-0.2, -0.15) is 0 Å². The van der Waals surface area contributed by atoms with E-state index in [1.165, 1.54) is 0 Å². The summed E-state index contributed by atoms with van der Waals surface area (Å²) in [7, 11) is 0. The van der Waals surface area contributed by atoms with Gasteiger partial charge in [0.05, 0.1) is 12.3 Å². The quantitative estimate of drug-likeness (QED) is 0.496. The van der Waals surface area contributed by atoms with Crippen LogP contribution in [0.15, 0.2) is 0 Å². The van der Waals surface area contributed by atoms with Crippen LogP contribution in [0.5, 0.6) is 0 Å². The molecule has 0 amide bonds. The maximum Gasteiger partial charge on any atom is 0.112 e. The van der Waals surface area contributed by atoms with Gasteiger partial charge in [0.2, 0.25) is 0 Å². The van der Waals surface area contributed by atoms with Gasteiger partial charge in [0.1, 0.15) is 5.66 Å². The van der Waals surface area contributed by atoms with Crippen LogP contribution in [0.3, 0.4) is 0 Å². The second-order valence-corrected chi connectivity index (χ2v) is 9.16. The average molecular weight is 343 g/mol. The molecule has 0 spiro atoms. The number of nitrogens with two attached hydrogens (primary N) is 3. The zero-order valence-corrected chi connectivity index (χ0v) is 17.3. The number of hydrogen-bond acceptors (Lipinski definition) is 6. The van der Waals surface area contributed by atoms with Crippen molar-refractivity contribution >= 4 is 0 Å². The molecule has 0 aromatic carbocycles. The van der Waals surface area contributed by atoms with Crippen LogP contribution in [-0.4, -0.2) is 40.6 Å². The molecule has 6 nitrogen and oxygen atoms in total. The van der Waals surface area contributed by atoms with Crippen molar-refractivity contribution < 1.29 is 0 Å². The van der Waals surface area contributed by atoms with E-state index in [1.807, 2.05) is 0 Å². The molecule has 3 unspecified atom stereocenters. The molecular formula is C18H42N6. The summed E-state index contributed by atoms with van der Waals surface area (Å²) in [5.41, 5.74) is 18.5. The molecular weight excluding hydrogens is 300 g/mol. The van der Waals surface area contributed by atoms with Gasteiger partial charge in [0.15, 0.2) is 0 Å². The van der Waals surface area contributed by atoms with Crippen LogP contribution >= 0.6 is 0 Å². The number of hydrogen-bond donors (Lipinski definition) is 5. The molecule has 1 saturated heterocycles. The molecule has 1 rings (SSSR count). The van der Waals surface area contributed by atoms with Crippen molar-refractivity contribution in [1.82, 2.24) is 15.5 Å². The Bertz CT molecular complexity index is 405. The minimum Gasteiger partial charge on any atom is -0.322 e. The Balaban J connectivity index is 3.72. The standard InChI is InChI=1S/C18H42N6/c1-12(2)15(7,19)18(16(8,20)13(3)4)23-10-22-11-24(18)17(9,21)14(5)6/h12-14,22-23H,10-11,19-21H2,1-9H3. The lowest BCUT2D eigenvalue weighted by Gasteiger charge is -2.68. The molecule has 1 aliphatic heterocycles.